The van der Waals surface area contributed by atoms with Gasteiger partial charge in [-0.05, 0) is 24.6 Å². The number of hydrogen-bond acceptors (Lipinski definition) is 1. The Kier molecular flexibility index (Phi) is 5.26. The number of carbonyl (C=O) groups is 1. The lowest BCUT2D eigenvalue weighted by Gasteiger charge is -2.10. The Morgan fingerprint density at radius 1 is 1.32 bits per heavy atom. The van der Waals surface area contributed by atoms with Crippen LogP contribution in [0.25, 0.3) is 0 Å². The Labute approximate surface area is 118 Å². The van der Waals surface area contributed by atoms with Crippen LogP contribution >= 0.6 is 23.2 Å². The molecule has 0 aromatic heterocycles. The summed E-state index contributed by atoms with van der Waals surface area (Å²) >= 11 is 11.1. The zero-order valence-corrected chi connectivity index (χ0v) is 11.3. The molecule has 19 heavy (non-hydrogen) atoms. The number of benzene rings is 1. The molecule has 0 aliphatic heterocycles. The van der Waals surface area contributed by atoms with Crippen molar-refractivity contribution in [2.75, 3.05) is 0 Å². The molecule has 1 aromatic rings. The lowest BCUT2D eigenvalue weighted by molar-refractivity contribution is -0.137. The molecule has 0 aliphatic carbocycles. The maximum atomic E-state index is 12.5. The summed E-state index contributed by atoms with van der Waals surface area (Å²) in [7, 11) is 0. The van der Waals surface area contributed by atoms with Crippen molar-refractivity contribution in [3.8, 4) is 0 Å². The quantitative estimate of drug-likeness (QED) is 0.875. The van der Waals surface area contributed by atoms with E-state index in [4.69, 9.17) is 23.2 Å². The van der Waals surface area contributed by atoms with Crippen molar-refractivity contribution in [2.24, 2.45) is 0 Å². The van der Waals surface area contributed by atoms with E-state index < -0.39 is 17.6 Å². The standard InChI is InChI=1S/C12H10Cl2F3NO/c1-2-9(10(13)14)18-11(19)7-4-3-5-8(6-7)12(15,16)17/h3-6H,2H2,1H3,(H,18,19). The number of hydrogen-bond donors (Lipinski definition) is 1. The highest BCUT2D eigenvalue weighted by molar-refractivity contribution is 6.56. The molecule has 1 aromatic carbocycles. The topological polar surface area (TPSA) is 29.1 Å². The number of alkyl halides is 3. The van der Waals surface area contributed by atoms with E-state index in [0.29, 0.717) is 6.42 Å². The van der Waals surface area contributed by atoms with Crippen LogP contribution in [-0.2, 0) is 6.18 Å². The van der Waals surface area contributed by atoms with Gasteiger partial charge in [-0.15, -0.1) is 0 Å². The summed E-state index contributed by atoms with van der Waals surface area (Å²) < 4.78 is 37.4. The van der Waals surface area contributed by atoms with Crippen molar-refractivity contribution >= 4 is 29.1 Å². The zero-order valence-electron chi connectivity index (χ0n) is 9.81. The summed E-state index contributed by atoms with van der Waals surface area (Å²) in [4.78, 5) is 11.8. The Morgan fingerprint density at radius 3 is 2.42 bits per heavy atom. The number of allylic oxidation sites excluding steroid dienone is 1. The van der Waals surface area contributed by atoms with Gasteiger partial charge in [0.05, 0.1) is 5.56 Å². The summed E-state index contributed by atoms with van der Waals surface area (Å²) in [5, 5.41) is 2.37. The number of amides is 1. The smallest absolute Gasteiger partial charge is 0.323 e. The molecule has 0 saturated carbocycles. The predicted molar refractivity (Wildman–Crippen MR) is 67.9 cm³/mol. The summed E-state index contributed by atoms with van der Waals surface area (Å²) in [6, 6.07) is 4.10. The highest BCUT2D eigenvalue weighted by Gasteiger charge is 2.30. The lowest BCUT2D eigenvalue weighted by atomic mass is 10.1. The first-order valence-corrected chi connectivity index (χ1v) is 6.04. The Morgan fingerprint density at radius 2 is 1.95 bits per heavy atom. The molecule has 2 nitrogen and oxygen atoms in total. The monoisotopic (exact) mass is 311 g/mol. The van der Waals surface area contributed by atoms with Gasteiger partial charge in [0.25, 0.3) is 5.91 Å². The molecule has 104 valence electrons. The first-order chi connectivity index (χ1) is 8.75. The van der Waals surface area contributed by atoms with E-state index in [-0.39, 0.29) is 15.8 Å². The fraction of sp³-hybridized carbons (Fsp3) is 0.250. The van der Waals surface area contributed by atoms with E-state index in [2.05, 4.69) is 5.32 Å². The van der Waals surface area contributed by atoms with Crippen molar-refractivity contribution in [3.63, 3.8) is 0 Å². The zero-order chi connectivity index (χ0) is 14.6. The molecule has 7 heteroatoms. The van der Waals surface area contributed by atoms with Gasteiger partial charge in [0.15, 0.2) is 0 Å². The van der Waals surface area contributed by atoms with Gasteiger partial charge in [-0.3, -0.25) is 4.79 Å². The second-order valence-electron chi connectivity index (χ2n) is 3.63. The molecule has 0 aliphatic rings. The molecule has 0 atom stereocenters. The van der Waals surface area contributed by atoms with Crippen LogP contribution < -0.4 is 5.32 Å². The van der Waals surface area contributed by atoms with Gasteiger partial charge in [-0.2, -0.15) is 13.2 Å². The van der Waals surface area contributed by atoms with Crippen molar-refractivity contribution in [1.82, 2.24) is 5.32 Å². The van der Waals surface area contributed by atoms with Crippen LogP contribution in [0.2, 0.25) is 0 Å². The Bertz CT molecular complexity index is 508. The minimum Gasteiger partial charge on any atom is -0.323 e. The van der Waals surface area contributed by atoms with Crippen molar-refractivity contribution in [2.45, 2.75) is 19.5 Å². The van der Waals surface area contributed by atoms with Crippen LogP contribution in [0.4, 0.5) is 13.2 Å². The maximum Gasteiger partial charge on any atom is 0.416 e. The number of nitrogens with one attached hydrogen (secondary N) is 1. The minimum atomic E-state index is -4.50. The molecule has 0 bridgehead atoms. The molecule has 0 saturated heterocycles. The number of carbonyl (C=O) groups excluding carboxylic acids is 1. The molecular formula is C12H10Cl2F3NO. The van der Waals surface area contributed by atoms with Crippen LogP contribution in [0.5, 0.6) is 0 Å². The normalized spacial score (nSPS) is 11.1. The van der Waals surface area contributed by atoms with E-state index in [0.717, 1.165) is 18.2 Å². The summed E-state index contributed by atoms with van der Waals surface area (Å²) in [6.45, 7) is 1.70. The van der Waals surface area contributed by atoms with Gasteiger partial charge in [0, 0.05) is 11.3 Å². The molecule has 1 amide bonds. The second kappa shape index (κ2) is 6.30. The van der Waals surface area contributed by atoms with E-state index in [9.17, 15) is 18.0 Å². The van der Waals surface area contributed by atoms with E-state index in [1.165, 1.54) is 6.07 Å². The average molecular weight is 312 g/mol. The van der Waals surface area contributed by atoms with Gasteiger partial charge in [0.1, 0.15) is 4.49 Å². The molecule has 0 heterocycles. The van der Waals surface area contributed by atoms with Crippen LogP contribution in [0, 0.1) is 0 Å². The molecule has 0 radical (unpaired) electrons. The van der Waals surface area contributed by atoms with E-state index in [1.807, 2.05) is 0 Å². The van der Waals surface area contributed by atoms with E-state index >= 15 is 0 Å². The molecule has 1 N–H and O–H groups in total. The number of rotatable bonds is 3. The summed E-state index contributed by atoms with van der Waals surface area (Å²) in [6.07, 6.45) is -4.14. The first-order valence-electron chi connectivity index (χ1n) is 5.28. The lowest BCUT2D eigenvalue weighted by Crippen LogP contribution is -2.23. The molecule has 1 rings (SSSR count). The van der Waals surface area contributed by atoms with Gasteiger partial charge in [0.2, 0.25) is 0 Å². The molecule has 0 fully saturated rings. The van der Waals surface area contributed by atoms with Crippen molar-refractivity contribution < 1.29 is 18.0 Å². The molecule has 0 unspecified atom stereocenters. The van der Waals surface area contributed by atoms with Crippen LogP contribution in [0.3, 0.4) is 0 Å². The first kappa shape index (κ1) is 15.9. The predicted octanol–water partition coefficient (Wildman–Crippen LogP) is 4.49. The van der Waals surface area contributed by atoms with Gasteiger partial charge >= 0.3 is 6.18 Å². The fourth-order valence-electron chi connectivity index (χ4n) is 1.32. The largest absolute Gasteiger partial charge is 0.416 e. The van der Waals surface area contributed by atoms with Gasteiger partial charge in [-0.25, -0.2) is 0 Å². The Balaban J connectivity index is 2.99. The number of halogens is 5. The van der Waals surface area contributed by atoms with Gasteiger partial charge < -0.3 is 5.32 Å². The van der Waals surface area contributed by atoms with Crippen molar-refractivity contribution in [1.29, 1.82) is 0 Å². The minimum absolute atomic E-state index is 0.115. The highest BCUT2D eigenvalue weighted by Crippen LogP contribution is 2.29. The average Bonchev–Trinajstić information content (AvgIpc) is 2.34. The summed E-state index contributed by atoms with van der Waals surface area (Å²) in [5.41, 5.74) is -0.750. The van der Waals surface area contributed by atoms with Gasteiger partial charge in [-0.1, -0.05) is 36.2 Å². The molecular weight excluding hydrogens is 302 g/mol. The SMILES string of the molecule is CCC(NC(=O)c1cccc(C(F)(F)F)c1)=C(Cl)Cl. The van der Waals surface area contributed by atoms with E-state index in [1.54, 1.807) is 6.92 Å². The summed E-state index contributed by atoms with van der Waals surface area (Å²) in [5.74, 6) is -0.693. The highest BCUT2D eigenvalue weighted by atomic mass is 35.5. The fourth-order valence-corrected chi connectivity index (χ4v) is 1.68. The second-order valence-corrected chi connectivity index (χ2v) is 4.57. The maximum absolute atomic E-state index is 12.5. The third-order valence-electron chi connectivity index (χ3n) is 2.30. The van der Waals surface area contributed by atoms with Crippen LogP contribution in [-0.4, -0.2) is 5.91 Å². The van der Waals surface area contributed by atoms with Crippen LogP contribution in [0.1, 0.15) is 29.3 Å². The molecule has 0 spiro atoms. The third kappa shape index (κ3) is 4.44. The third-order valence-corrected chi connectivity index (χ3v) is 2.75. The van der Waals surface area contributed by atoms with Crippen molar-refractivity contribution in [3.05, 3.63) is 45.6 Å². The Hall–Kier alpha value is -1.20. The van der Waals surface area contributed by atoms with Crippen LogP contribution in [0.15, 0.2) is 34.5 Å².